The van der Waals surface area contributed by atoms with E-state index in [1.54, 1.807) is 36.4 Å². The van der Waals surface area contributed by atoms with Gasteiger partial charge in [0.05, 0.1) is 17.3 Å². The molecule has 0 spiro atoms. The minimum atomic E-state index is -4.96. The Bertz CT molecular complexity index is 1810. The predicted molar refractivity (Wildman–Crippen MR) is 161 cm³/mol. The first kappa shape index (κ1) is 26.9. The molecule has 6 rings (SSSR count). The largest absolute Gasteiger partial charge is 0.342 e. The van der Waals surface area contributed by atoms with Gasteiger partial charge in [-0.15, -0.1) is 0 Å². The van der Waals surface area contributed by atoms with Gasteiger partial charge in [0.15, 0.2) is 5.66 Å². The number of carbonyl (C=O) groups is 2. The number of likely N-dealkylation sites (tertiary alicyclic amines) is 1. The summed E-state index contributed by atoms with van der Waals surface area (Å²) in [6, 6.07) is 32.9. The van der Waals surface area contributed by atoms with Crippen LogP contribution in [0.5, 0.6) is 0 Å². The number of hydrogen-bond acceptors (Lipinski definition) is 3. The first-order valence-electron chi connectivity index (χ1n) is 13.5. The maximum atomic E-state index is 14.1. The molecule has 1 fully saturated rings. The summed E-state index contributed by atoms with van der Waals surface area (Å²) >= 11 is 0. The quantitative estimate of drug-likeness (QED) is 0.196. The lowest BCUT2D eigenvalue weighted by Gasteiger charge is -2.27. The fraction of sp³-hybridized carbons (Fsp3) is 0.152. The van der Waals surface area contributed by atoms with Gasteiger partial charge < -0.3 is 20.0 Å². The van der Waals surface area contributed by atoms with Gasteiger partial charge in [0.25, 0.3) is 5.91 Å². The molecule has 1 saturated heterocycles. The summed E-state index contributed by atoms with van der Waals surface area (Å²) in [4.78, 5) is 50.5. The molecule has 2 unspecified atom stereocenters. The van der Waals surface area contributed by atoms with Gasteiger partial charge in [-0.25, -0.2) is 0 Å². The third-order valence-corrected chi connectivity index (χ3v) is 8.96. The average Bonchev–Trinajstić information content (AvgIpc) is 3.47. The second-order valence-electron chi connectivity index (χ2n) is 10.4. The molecule has 41 heavy (non-hydrogen) atoms. The second kappa shape index (κ2) is 10.9. The van der Waals surface area contributed by atoms with Crippen LogP contribution < -0.4 is 5.32 Å². The van der Waals surface area contributed by atoms with Crippen molar-refractivity contribution in [2.45, 2.75) is 24.5 Å². The van der Waals surface area contributed by atoms with Crippen molar-refractivity contribution in [1.29, 1.82) is 0 Å². The van der Waals surface area contributed by atoms with Gasteiger partial charge in [0, 0.05) is 6.54 Å². The third-order valence-electron chi connectivity index (χ3n) is 7.77. The number of amides is 2. The highest BCUT2D eigenvalue weighted by Gasteiger charge is 2.39. The molecule has 1 heterocycles. The van der Waals surface area contributed by atoms with Crippen LogP contribution >= 0.6 is 7.60 Å². The zero-order chi connectivity index (χ0) is 28.6. The van der Waals surface area contributed by atoms with Crippen LogP contribution in [0.1, 0.15) is 46.0 Å². The number of nitrogens with zero attached hydrogens (tertiary/aromatic N) is 1. The smallest absolute Gasteiger partial charge is 0.332 e. The highest BCUT2D eigenvalue weighted by atomic mass is 31.2. The summed E-state index contributed by atoms with van der Waals surface area (Å²) in [7, 11) is -4.96. The number of rotatable bonds is 6. The summed E-state index contributed by atoms with van der Waals surface area (Å²) in [5.74, 6) is -1.12. The molecule has 206 valence electrons. The zero-order valence-corrected chi connectivity index (χ0v) is 23.1. The van der Waals surface area contributed by atoms with Crippen LogP contribution in [0, 0.1) is 0 Å². The van der Waals surface area contributed by atoms with Crippen molar-refractivity contribution in [3.63, 3.8) is 0 Å². The summed E-state index contributed by atoms with van der Waals surface area (Å²) in [6.07, 6.45) is 1.67. The Morgan fingerprint density at radius 1 is 0.805 bits per heavy atom. The maximum absolute atomic E-state index is 14.1. The van der Waals surface area contributed by atoms with Gasteiger partial charge in [-0.1, -0.05) is 97.1 Å². The predicted octanol–water partition coefficient (Wildman–Crippen LogP) is 6.83. The Morgan fingerprint density at radius 2 is 1.44 bits per heavy atom. The van der Waals surface area contributed by atoms with Crippen molar-refractivity contribution in [2.24, 2.45) is 0 Å². The van der Waals surface area contributed by atoms with E-state index >= 15 is 0 Å². The Hall–Kier alpha value is -4.29. The van der Waals surface area contributed by atoms with Crippen LogP contribution in [0.25, 0.3) is 21.5 Å². The molecule has 1 aliphatic rings. The van der Waals surface area contributed by atoms with Gasteiger partial charge in [-0.2, -0.15) is 0 Å². The Morgan fingerprint density at radius 3 is 2.17 bits per heavy atom. The topological polar surface area (TPSA) is 107 Å². The van der Waals surface area contributed by atoms with Crippen LogP contribution in [0.4, 0.5) is 5.69 Å². The van der Waals surface area contributed by atoms with Crippen LogP contribution in [0.3, 0.4) is 0 Å². The van der Waals surface area contributed by atoms with E-state index in [1.807, 2.05) is 77.7 Å². The van der Waals surface area contributed by atoms with Crippen LogP contribution in [-0.4, -0.2) is 33.0 Å². The fourth-order valence-electron chi connectivity index (χ4n) is 5.87. The number of carbonyl (C=O) groups excluding carboxylic acids is 2. The van der Waals surface area contributed by atoms with Crippen molar-refractivity contribution in [2.75, 3.05) is 11.9 Å². The number of fused-ring (bicyclic) bond motifs is 2. The highest BCUT2D eigenvalue weighted by Crippen LogP contribution is 2.53. The van der Waals surface area contributed by atoms with Crippen molar-refractivity contribution in [1.82, 2.24) is 4.90 Å². The average molecular weight is 565 g/mol. The number of nitrogens with one attached hydrogen (secondary N) is 1. The molecule has 0 radical (unpaired) electrons. The van der Waals surface area contributed by atoms with Crippen molar-refractivity contribution < 1.29 is 23.9 Å². The highest BCUT2D eigenvalue weighted by molar-refractivity contribution is 7.53. The lowest BCUT2D eigenvalue weighted by Crippen LogP contribution is -2.32. The van der Waals surface area contributed by atoms with Gasteiger partial charge in [0.2, 0.25) is 5.91 Å². The van der Waals surface area contributed by atoms with Crippen LogP contribution in [0.2, 0.25) is 0 Å². The van der Waals surface area contributed by atoms with Crippen LogP contribution in [-0.2, 0) is 9.36 Å². The summed E-state index contributed by atoms with van der Waals surface area (Å²) in [5, 5.41) is 5.71. The normalized spacial score (nSPS) is 16.1. The van der Waals surface area contributed by atoms with Crippen LogP contribution in [0.15, 0.2) is 109 Å². The molecule has 0 aliphatic carbocycles. The van der Waals surface area contributed by atoms with E-state index in [-0.39, 0.29) is 28.8 Å². The van der Waals surface area contributed by atoms with E-state index in [0.29, 0.717) is 11.9 Å². The lowest BCUT2D eigenvalue weighted by atomic mass is 10.00. The minimum Gasteiger partial charge on any atom is -0.332 e. The number of benzene rings is 5. The van der Waals surface area contributed by atoms with E-state index in [0.717, 1.165) is 34.6 Å². The Balaban J connectivity index is 1.42. The van der Waals surface area contributed by atoms with Gasteiger partial charge in [-0.05, 0) is 57.6 Å². The molecule has 1 aliphatic heterocycles. The Labute approximate surface area is 237 Å². The first-order valence-corrected chi connectivity index (χ1v) is 15.2. The zero-order valence-electron chi connectivity index (χ0n) is 22.2. The summed E-state index contributed by atoms with van der Waals surface area (Å²) in [6.45, 7) is 0.569. The maximum Gasteiger partial charge on any atom is 0.342 e. The van der Waals surface area contributed by atoms with E-state index in [4.69, 9.17) is 0 Å². The minimum absolute atomic E-state index is 0.0998. The number of anilines is 1. The van der Waals surface area contributed by atoms with E-state index in [9.17, 15) is 23.9 Å². The summed E-state index contributed by atoms with van der Waals surface area (Å²) in [5.41, 5.74) is 0.0127. The molecule has 8 heteroatoms. The number of hydrogen-bond donors (Lipinski definition) is 3. The van der Waals surface area contributed by atoms with E-state index in [2.05, 4.69) is 5.32 Å². The monoisotopic (exact) mass is 564 g/mol. The third kappa shape index (κ3) is 5.27. The van der Waals surface area contributed by atoms with E-state index < -0.39 is 19.2 Å². The molecule has 5 aromatic rings. The molecule has 5 aromatic carbocycles. The van der Waals surface area contributed by atoms with Crippen molar-refractivity contribution in [3.8, 4) is 0 Å². The Kier molecular flexibility index (Phi) is 7.18. The lowest BCUT2D eigenvalue weighted by molar-refractivity contribution is -0.116. The molecule has 2 amide bonds. The molecular formula is C33H29N2O5P. The molecule has 0 saturated carbocycles. The summed E-state index contributed by atoms with van der Waals surface area (Å²) < 4.78 is 12.8. The van der Waals surface area contributed by atoms with Gasteiger partial charge >= 0.3 is 7.60 Å². The molecule has 7 nitrogen and oxygen atoms in total. The second-order valence-corrected chi connectivity index (χ2v) is 12.1. The molecular weight excluding hydrogens is 535 g/mol. The fourth-order valence-corrected chi connectivity index (χ4v) is 6.83. The van der Waals surface area contributed by atoms with Gasteiger partial charge in [0.1, 0.15) is 0 Å². The van der Waals surface area contributed by atoms with Crippen molar-refractivity contribution in [3.05, 3.63) is 126 Å². The SMILES string of the molecule is O=C(Nc1cc2ccccc2cc1C(=O)N1CCCC1c1ccccc1)C(c1cccc2ccccc12)P(=O)(O)O. The molecule has 2 atom stereocenters. The first-order chi connectivity index (χ1) is 19.8. The standard InChI is InChI=1S/C33H29N2O5P/c36-32(31(41(38,39)40)27-17-8-15-22-10-6-7-16-26(22)27)34-29-21-25-14-5-4-13-24(25)20-28(29)33(37)35-19-9-18-30(35)23-11-2-1-3-12-23/h1-8,10-17,20-21,30-31H,9,18-19H2,(H,34,36)(H2,38,39,40). The van der Waals surface area contributed by atoms with Gasteiger partial charge in [-0.3, -0.25) is 14.2 Å². The molecule has 3 N–H and O–H groups in total. The van der Waals surface area contributed by atoms with Crippen molar-refractivity contribution >= 4 is 46.6 Å². The van der Waals surface area contributed by atoms with E-state index in [1.165, 1.54) is 0 Å². The molecule has 0 aromatic heterocycles. The molecule has 0 bridgehead atoms.